The normalized spacial score (nSPS) is 14.8. The van der Waals surface area contributed by atoms with Crippen LogP contribution in [0.1, 0.15) is 34.6 Å². The lowest BCUT2D eigenvalue weighted by Gasteiger charge is -2.22. The molecule has 0 aromatic heterocycles. The van der Waals surface area contributed by atoms with Gasteiger partial charge in [-0.05, 0) is 26.3 Å². The van der Waals surface area contributed by atoms with E-state index in [1.54, 1.807) is 6.92 Å². The second kappa shape index (κ2) is 6.56. The molecule has 0 rings (SSSR count). The molecule has 4 nitrogen and oxygen atoms in total. The predicted octanol–water partition coefficient (Wildman–Crippen LogP) is 0.714. The predicted molar refractivity (Wildman–Crippen MR) is 60.6 cm³/mol. The number of carbonyl (C=O) groups is 2. The average Bonchev–Trinajstić information content (AvgIpc) is 2.12. The molecule has 0 aromatic carbocycles. The molecule has 4 heteroatoms. The van der Waals surface area contributed by atoms with Crippen molar-refractivity contribution < 1.29 is 9.59 Å². The SMILES string of the molecule is CCNC(C(=O)N[C@@H](C)C(C)=O)C(C)C. The molecular formula is C11H22N2O2. The van der Waals surface area contributed by atoms with Crippen molar-refractivity contribution in [1.82, 2.24) is 10.6 Å². The van der Waals surface area contributed by atoms with Crippen molar-refractivity contribution in [1.29, 1.82) is 0 Å². The topological polar surface area (TPSA) is 58.2 Å². The number of ketones is 1. The molecule has 0 radical (unpaired) electrons. The Morgan fingerprint density at radius 1 is 1.20 bits per heavy atom. The molecule has 0 aliphatic heterocycles. The van der Waals surface area contributed by atoms with Gasteiger partial charge in [0, 0.05) is 0 Å². The Kier molecular flexibility index (Phi) is 6.17. The molecule has 15 heavy (non-hydrogen) atoms. The highest BCUT2D eigenvalue weighted by Gasteiger charge is 2.22. The summed E-state index contributed by atoms with van der Waals surface area (Å²) in [5.41, 5.74) is 0. The Hall–Kier alpha value is -0.900. The van der Waals surface area contributed by atoms with Gasteiger partial charge in [-0.25, -0.2) is 0 Å². The van der Waals surface area contributed by atoms with Gasteiger partial charge in [0.25, 0.3) is 0 Å². The van der Waals surface area contributed by atoms with Crippen molar-refractivity contribution in [2.24, 2.45) is 5.92 Å². The fraction of sp³-hybridized carbons (Fsp3) is 0.818. The van der Waals surface area contributed by atoms with E-state index in [0.717, 1.165) is 6.54 Å². The van der Waals surface area contributed by atoms with Crippen molar-refractivity contribution in [3.63, 3.8) is 0 Å². The summed E-state index contributed by atoms with van der Waals surface area (Å²) in [5.74, 6) is 0.0843. The fourth-order valence-electron chi connectivity index (χ4n) is 1.26. The Bertz CT molecular complexity index is 227. The van der Waals surface area contributed by atoms with Crippen molar-refractivity contribution >= 4 is 11.7 Å². The Morgan fingerprint density at radius 2 is 1.73 bits per heavy atom. The maximum Gasteiger partial charge on any atom is 0.237 e. The zero-order valence-corrected chi connectivity index (χ0v) is 10.3. The van der Waals surface area contributed by atoms with Crippen LogP contribution >= 0.6 is 0 Å². The van der Waals surface area contributed by atoms with Gasteiger partial charge >= 0.3 is 0 Å². The number of carbonyl (C=O) groups excluding carboxylic acids is 2. The lowest BCUT2D eigenvalue weighted by atomic mass is 10.0. The molecule has 2 atom stereocenters. The molecule has 2 N–H and O–H groups in total. The molecule has 0 aliphatic carbocycles. The van der Waals surface area contributed by atoms with Gasteiger partial charge in [-0.3, -0.25) is 9.59 Å². The van der Waals surface area contributed by atoms with Crippen LogP contribution in [-0.2, 0) is 9.59 Å². The maximum absolute atomic E-state index is 11.8. The minimum atomic E-state index is -0.405. The summed E-state index contributed by atoms with van der Waals surface area (Å²) >= 11 is 0. The van der Waals surface area contributed by atoms with Crippen LogP contribution in [0, 0.1) is 5.92 Å². The van der Waals surface area contributed by atoms with Crippen LogP contribution in [0.4, 0.5) is 0 Å². The summed E-state index contributed by atoms with van der Waals surface area (Å²) in [5, 5.41) is 5.80. The van der Waals surface area contributed by atoms with Gasteiger partial charge < -0.3 is 10.6 Å². The summed E-state index contributed by atoms with van der Waals surface area (Å²) in [6, 6.07) is -0.630. The van der Waals surface area contributed by atoms with Gasteiger partial charge in [0.05, 0.1) is 12.1 Å². The first kappa shape index (κ1) is 14.1. The van der Waals surface area contributed by atoms with Crippen LogP contribution in [0.2, 0.25) is 0 Å². The first-order valence-corrected chi connectivity index (χ1v) is 5.44. The molecule has 0 spiro atoms. The standard InChI is InChI=1S/C11H22N2O2/c1-6-12-10(7(2)3)11(15)13-8(4)9(5)14/h7-8,10,12H,6H2,1-5H3,(H,13,15)/t8-,10?/m0/s1. The minimum Gasteiger partial charge on any atom is -0.345 e. The second-order valence-electron chi connectivity index (χ2n) is 4.12. The number of rotatable bonds is 6. The maximum atomic E-state index is 11.8. The van der Waals surface area contributed by atoms with Crippen molar-refractivity contribution in [3.05, 3.63) is 0 Å². The van der Waals surface area contributed by atoms with Crippen LogP contribution in [0.3, 0.4) is 0 Å². The van der Waals surface area contributed by atoms with Crippen LogP contribution in [0.5, 0.6) is 0 Å². The smallest absolute Gasteiger partial charge is 0.237 e. The zero-order chi connectivity index (χ0) is 12.0. The monoisotopic (exact) mass is 214 g/mol. The highest BCUT2D eigenvalue weighted by Crippen LogP contribution is 2.02. The number of nitrogens with one attached hydrogen (secondary N) is 2. The van der Waals surface area contributed by atoms with E-state index in [4.69, 9.17) is 0 Å². The van der Waals surface area contributed by atoms with Crippen LogP contribution in [0.15, 0.2) is 0 Å². The third-order valence-corrected chi connectivity index (χ3v) is 2.34. The molecule has 0 heterocycles. The molecule has 0 aliphatic rings. The average molecular weight is 214 g/mol. The Morgan fingerprint density at radius 3 is 2.07 bits per heavy atom. The minimum absolute atomic E-state index is 0.0256. The van der Waals surface area contributed by atoms with E-state index in [-0.39, 0.29) is 23.7 Å². The molecular weight excluding hydrogens is 192 g/mol. The van der Waals surface area contributed by atoms with E-state index >= 15 is 0 Å². The highest BCUT2D eigenvalue weighted by atomic mass is 16.2. The van der Waals surface area contributed by atoms with E-state index in [0.29, 0.717) is 0 Å². The van der Waals surface area contributed by atoms with E-state index in [1.165, 1.54) is 6.92 Å². The summed E-state index contributed by atoms with van der Waals surface area (Å²) in [4.78, 5) is 22.8. The Labute approximate surface area is 91.8 Å². The van der Waals surface area contributed by atoms with Gasteiger partial charge in [0.15, 0.2) is 5.78 Å². The van der Waals surface area contributed by atoms with Gasteiger partial charge in [-0.1, -0.05) is 20.8 Å². The van der Waals surface area contributed by atoms with Crippen molar-refractivity contribution in [3.8, 4) is 0 Å². The summed E-state index contributed by atoms with van der Waals surface area (Å²) in [6.45, 7) is 9.82. The molecule has 0 bridgehead atoms. The van der Waals surface area contributed by atoms with Gasteiger partial charge in [-0.15, -0.1) is 0 Å². The number of likely N-dealkylation sites (N-methyl/N-ethyl adjacent to an activating group) is 1. The largest absolute Gasteiger partial charge is 0.345 e. The molecule has 1 amide bonds. The zero-order valence-electron chi connectivity index (χ0n) is 10.3. The van der Waals surface area contributed by atoms with E-state index < -0.39 is 6.04 Å². The van der Waals surface area contributed by atoms with E-state index in [1.807, 2.05) is 20.8 Å². The summed E-state index contributed by atoms with van der Waals surface area (Å²) in [6.07, 6.45) is 0. The molecule has 0 saturated carbocycles. The number of Topliss-reactive ketones (excluding diaryl/α,β-unsaturated/α-hetero) is 1. The van der Waals surface area contributed by atoms with Gasteiger partial charge in [0.2, 0.25) is 5.91 Å². The first-order valence-electron chi connectivity index (χ1n) is 5.44. The summed E-state index contributed by atoms with van der Waals surface area (Å²) < 4.78 is 0. The highest BCUT2D eigenvalue weighted by molar-refractivity contribution is 5.89. The van der Waals surface area contributed by atoms with Gasteiger partial charge in [-0.2, -0.15) is 0 Å². The second-order valence-corrected chi connectivity index (χ2v) is 4.12. The Balaban J connectivity index is 4.32. The number of hydrogen-bond donors (Lipinski definition) is 2. The van der Waals surface area contributed by atoms with Crippen molar-refractivity contribution in [2.75, 3.05) is 6.54 Å². The number of amides is 1. The van der Waals surface area contributed by atoms with Crippen LogP contribution in [-0.4, -0.2) is 30.3 Å². The molecule has 88 valence electrons. The third kappa shape index (κ3) is 4.93. The van der Waals surface area contributed by atoms with E-state index in [9.17, 15) is 9.59 Å². The molecule has 0 saturated heterocycles. The van der Waals surface area contributed by atoms with Crippen molar-refractivity contribution in [2.45, 2.75) is 46.7 Å². The van der Waals surface area contributed by atoms with E-state index in [2.05, 4.69) is 10.6 Å². The quantitative estimate of drug-likeness (QED) is 0.685. The third-order valence-electron chi connectivity index (χ3n) is 2.34. The molecule has 0 aromatic rings. The number of hydrogen-bond acceptors (Lipinski definition) is 3. The van der Waals surface area contributed by atoms with Crippen LogP contribution in [0.25, 0.3) is 0 Å². The molecule has 0 fully saturated rings. The van der Waals surface area contributed by atoms with Gasteiger partial charge in [0.1, 0.15) is 0 Å². The first-order chi connectivity index (χ1) is 6.90. The molecule has 1 unspecified atom stereocenters. The fourth-order valence-corrected chi connectivity index (χ4v) is 1.26. The lowest BCUT2D eigenvalue weighted by molar-refractivity contribution is -0.128. The van der Waals surface area contributed by atoms with Crippen LogP contribution < -0.4 is 10.6 Å². The lowest BCUT2D eigenvalue weighted by Crippen LogP contribution is -2.51. The summed E-state index contributed by atoms with van der Waals surface area (Å²) in [7, 11) is 0.